The van der Waals surface area contributed by atoms with E-state index in [2.05, 4.69) is 4.72 Å². The molecule has 0 fully saturated rings. The summed E-state index contributed by atoms with van der Waals surface area (Å²) in [5.74, 6) is 1.36. The van der Waals surface area contributed by atoms with E-state index in [9.17, 15) is 8.42 Å². The van der Waals surface area contributed by atoms with Crippen LogP contribution in [-0.2, 0) is 16.6 Å². The van der Waals surface area contributed by atoms with Crippen molar-refractivity contribution in [1.29, 1.82) is 0 Å². The lowest BCUT2D eigenvalue weighted by molar-refractivity contribution is 0.340. The largest absolute Gasteiger partial charge is 0.494 e. The molecule has 0 aliphatic carbocycles. The molecule has 108 valence electrons. The van der Waals surface area contributed by atoms with Crippen LogP contribution in [0, 0.1) is 0 Å². The van der Waals surface area contributed by atoms with Gasteiger partial charge in [0, 0.05) is 12.4 Å². The van der Waals surface area contributed by atoms with Crippen molar-refractivity contribution in [1.82, 2.24) is 4.72 Å². The number of alkyl halides is 1. The monoisotopic (exact) mass is 305 g/mol. The molecule has 1 N–H and O–H groups in total. The third-order valence-electron chi connectivity index (χ3n) is 2.50. The number of hydrogen-bond acceptors (Lipinski definition) is 3. The van der Waals surface area contributed by atoms with Gasteiger partial charge in [0.1, 0.15) is 5.75 Å². The fourth-order valence-corrected chi connectivity index (χ4v) is 2.87. The van der Waals surface area contributed by atoms with E-state index in [1.165, 1.54) is 0 Å². The maximum Gasteiger partial charge on any atom is 0.211 e. The van der Waals surface area contributed by atoms with Crippen molar-refractivity contribution in [2.75, 3.05) is 18.2 Å². The third kappa shape index (κ3) is 6.80. The van der Waals surface area contributed by atoms with Crippen molar-refractivity contribution in [2.45, 2.75) is 26.3 Å². The molecule has 0 bridgehead atoms. The van der Waals surface area contributed by atoms with Gasteiger partial charge >= 0.3 is 0 Å². The van der Waals surface area contributed by atoms with Gasteiger partial charge in [-0.15, -0.1) is 11.6 Å². The van der Waals surface area contributed by atoms with Gasteiger partial charge in [-0.1, -0.05) is 12.1 Å². The van der Waals surface area contributed by atoms with Crippen LogP contribution in [0.5, 0.6) is 5.75 Å². The van der Waals surface area contributed by atoms with Crippen molar-refractivity contribution in [3.8, 4) is 5.75 Å². The minimum absolute atomic E-state index is 0.116. The Bertz CT molecular complexity index is 477. The second-order valence-electron chi connectivity index (χ2n) is 4.12. The first-order chi connectivity index (χ1) is 9.07. The predicted octanol–water partition coefficient (Wildman–Crippen LogP) is 2.52. The summed E-state index contributed by atoms with van der Waals surface area (Å²) >= 11 is 5.52. The van der Waals surface area contributed by atoms with E-state index in [1.807, 2.05) is 31.2 Å². The zero-order valence-electron chi connectivity index (χ0n) is 11.1. The minimum Gasteiger partial charge on any atom is -0.494 e. The van der Waals surface area contributed by atoms with Crippen LogP contribution in [0.3, 0.4) is 0 Å². The van der Waals surface area contributed by atoms with Gasteiger partial charge in [0.2, 0.25) is 10.0 Å². The molecule has 0 aromatic heterocycles. The van der Waals surface area contributed by atoms with Gasteiger partial charge in [-0.05, 0) is 37.5 Å². The lowest BCUT2D eigenvalue weighted by Crippen LogP contribution is -2.26. The van der Waals surface area contributed by atoms with Gasteiger partial charge in [0.15, 0.2) is 0 Å². The fourth-order valence-electron chi connectivity index (χ4n) is 1.56. The van der Waals surface area contributed by atoms with Gasteiger partial charge in [-0.2, -0.15) is 0 Å². The molecule has 0 aliphatic heterocycles. The van der Waals surface area contributed by atoms with E-state index in [0.29, 0.717) is 25.3 Å². The Morgan fingerprint density at radius 1 is 1.32 bits per heavy atom. The highest BCUT2D eigenvalue weighted by molar-refractivity contribution is 7.89. The zero-order valence-corrected chi connectivity index (χ0v) is 12.6. The molecular weight excluding hydrogens is 286 g/mol. The molecular formula is C13H20ClNO3S. The van der Waals surface area contributed by atoms with E-state index in [0.717, 1.165) is 11.3 Å². The molecule has 19 heavy (non-hydrogen) atoms. The first-order valence-corrected chi connectivity index (χ1v) is 8.51. The number of hydrogen-bond donors (Lipinski definition) is 1. The topological polar surface area (TPSA) is 55.4 Å². The van der Waals surface area contributed by atoms with Crippen LogP contribution in [0.4, 0.5) is 0 Å². The van der Waals surface area contributed by atoms with Crippen molar-refractivity contribution in [2.24, 2.45) is 0 Å². The standard InChI is InChI=1S/C13H20ClNO3S/c1-2-18-13-7-5-6-12(10-13)11-15-19(16,17)9-4-3-8-14/h5-7,10,15H,2-4,8-9,11H2,1H3. The highest BCUT2D eigenvalue weighted by Gasteiger charge is 2.09. The minimum atomic E-state index is -3.23. The zero-order chi connectivity index (χ0) is 14.1. The summed E-state index contributed by atoms with van der Waals surface area (Å²) < 4.78 is 31.4. The van der Waals surface area contributed by atoms with Crippen LogP contribution < -0.4 is 9.46 Å². The maximum atomic E-state index is 11.7. The summed E-state index contributed by atoms with van der Waals surface area (Å²) in [6, 6.07) is 7.40. The van der Waals surface area contributed by atoms with Crippen molar-refractivity contribution in [3.63, 3.8) is 0 Å². The average Bonchev–Trinajstić information content (AvgIpc) is 2.38. The van der Waals surface area contributed by atoms with E-state index in [1.54, 1.807) is 0 Å². The SMILES string of the molecule is CCOc1cccc(CNS(=O)(=O)CCCCCl)c1. The first kappa shape index (κ1) is 16.3. The normalized spacial score (nSPS) is 11.5. The molecule has 0 amide bonds. The highest BCUT2D eigenvalue weighted by Crippen LogP contribution is 2.13. The first-order valence-electron chi connectivity index (χ1n) is 6.32. The van der Waals surface area contributed by atoms with Crippen LogP contribution in [0.1, 0.15) is 25.3 Å². The molecule has 1 aromatic carbocycles. The molecule has 0 heterocycles. The number of rotatable bonds is 9. The molecule has 1 aromatic rings. The smallest absolute Gasteiger partial charge is 0.211 e. The predicted molar refractivity (Wildman–Crippen MR) is 78.2 cm³/mol. The van der Waals surface area contributed by atoms with Gasteiger partial charge < -0.3 is 4.74 Å². The second-order valence-corrected chi connectivity index (χ2v) is 6.42. The number of unbranched alkanes of at least 4 members (excludes halogenated alkanes) is 1. The number of nitrogens with one attached hydrogen (secondary N) is 1. The summed E-state index contributed by atoms with van der Waals surface area (Å²) in [6.07, 6.45) is 1.29. The fraction of sp³-hybridized carbons (Fsp3) is 0.538. The highest BCUT2D eigenvalue weighted by atomic mass is 35.5. The van der Waals surface area contributed by atoms with Crippen molar-refractivity contribution >= 4 is 21.6 Å². The Labute approximate surface area is 120 Å². The Hall–Kier alpha value is -0.780. The van der Waals surface area contributed by atoms with Crippen LogP contribution in [0.15, 0.2) is 24.3 Å². The number of ether oxygens (including phenoxy) is 1. The van der Waals surface area contributed by atoms with E-state index < -0.39 is 10.0 Å². The van der Waals surface area contributed by atoms with Crippen LogP contribution in [0.2, 0.25) is 0 Å². The van der Waals surface area contributed by atoms with E-state index >= 15 is 0 Å². The lowest BCUT2D eigenvalue weighted by atomic mass is 10.2. The van der Waals surface area contributed by atoms with Crippen molar-refractivity contribution in [3.05, 3.63) is 29.8 Å². The molecule has 0 spiro atoms. The molecule has 1 rings (SSSR count). The maximum absolute atomic E-state index is 11.7. The number of halogens is 1. The van der Waals surface area contributed by atoms with Gasteiger partial charge in [-0.3, -0.25) is 0 Å². The molecule has 0 saturated heterocycles. The molecule has 0 unspecified atom stereocenters. The summed E-state index contributed by atoms with van der Waals surface area (Å²) in [5.41, 5.74) is 0.881. The Kier molecular flexibility index (Phi) is 7.20. The Balaban J connectivity index is 2.49. The summed E-state index contributed by atoms with van der Waals surface area (Å²) in [6.45, 7) is 2.78. The lowest BCUT2D eigenvalue weighted by Gasteiger charge is -2.08. The summed E-state index contributed by atoms with van der Waals surface area (Å²) in [4.78, 5) is 0. The molecule has 0 radical (unpaired) electrons. The van der Waals surface area contributed by atoms with Gasteiger partial charge in [0.05, 0.1) is 12.4 Å². The average molecular weight is 306 g/mol. The third-order valence-corrected chi connectivity index (χ3v) is 4.18. The molecule has 4 nitrogen and oxygen atoms in total. The van der Waals surface area contributed by atoms with Crippen LogP contribution >= 0.6 is 11.6 Å². The number of sulfonamides is 1. The summed E-state index contributed by atoms with van der Waals surface area (Å²) in [5, 5.41) is 0. The summed E-state index contributed by atoms with van der Waals surface area (Å²) in [7, 11) is -3.23. The van der Waals surface area contributed by atoms with E-state index in [-0.39, 0.29) is 12.3 Å². The quantitative estimate of drug-likeness (QED) is 0.563. The second kappa shape index (κ2) is 8.40. The Morgan fingerprint density at radius 3 is 2.79 bits per heavy atom. The molecule has 0 atom stereocenters. The van der Waals surface area contributed by atoms with Crippen LogP contribution in [0.25, 0.3) is 0 Å². The molecule has 6 heteroatoms. The van der Waals surface area contributed by atoms with Crippen LogP contribution in [-0.4, -0.2) is 26.7 Å². The van der Waals surface area contributed by atoms with Crippen molar-refractivity contribution < 1.29 is 13.2 Å². The van der Waals surface area contributed by atoms with E-state index in [4.69, 9.17) is 16.3 Å². The molecule has 0 aliphatic rings. The van der Waals surface area contributed by atoms with Gasteiger partial charge in [0.25, 0.3) is 0 Å². The molecule has 0 saturated carbocycles. The number of benzene rings is 1. The van der Waals surface area contributed by atoms with Gasteiger partial charge in [-0.25, -0.2) is 13.1 Å². The Morgan fingerprint density at radius 2 is 2.11 bits per heavy atom.